The van der Waals surface area contributed by atoms with Crippen LogP contribution >= 0.6 is 0 Å². The number of hydrogen-bond donors (Lipinski definition) is 0. The average molecular weight is 605 g/mol. The molecule has 3 atom stereocenters. The van der Waals surface area contributed by atoms with Gasteiger partial charge < -0.3 is 14.8 Å². The molecular weight excluding hydrogens is 569 g/mol. The Morgan fingerprint density at radius 2 is 1.62 bits per heavy atom. The van der Waals surface area contributed by atoms with Gasteiger partial charge in [-0.15, -0.1) is 0 Å². The number of likely N-dealkylation sites (tertiary alicyclic amines) is 1. The first-order valence-electron chi connectivity index (χ1n) is 14.3. The minimum atomic E-state index is -4.73. The number of carbonyl (C=O) groups is 1. The van der Waals surface area contributed by atoms with E-state index < -0.39 is 35.4 Å². The van der Waals surface area contributed by atoms with E-state index in [1.54, 1.807) is 6.92 Å². The number of carbonyl (C=O) groups excluding carboxylic acids is 1. The van der Waals surface area contributed by atoms with Crippen LogP contribution in [0.4, 0.5) is 32.0 Å². The summed E-state index contributed by atoms with van der Waals surface area (Å²) in [6.45, 7) is 2.54. The Kier molecular flexibility index (Phi) is 10.0. The van der Waals surface area contributed by atoms with Crippen molar-refractivity contribution in [3.8, 4) is 0 Å². The average Bonchev–Trinajstić information content (AvgIpc) is 3.74. The summed E-state index contributed by atoms with van der Waals surface area (Å²) in [6.07, 6.45) is -4.13. The van der Waals surface area contributed by atoms with Crippen LogP contribution in [0.5, 0.6) is 0 Å². The Balaban J connectivity index is 0.00000405. The Morgan fingerprint density at radius 1 is 0.952 bits per heavy atom. The molecule has 2 aromatic carbocycles. The van der Waals surface area contributed by atoms with Gasteiger partial charge in [0.15, 0.2) is 0 Å². The molecule has 1 saturated carbocycles. The number of hydrogen-bond acceptors (Lipinski definition) is 4. The van der Waals surface area contributed by atoms with Crippen LogP contribution in [0.3, 0.4) is 0 Å². The van der Waals surface area contributed by atoms with Crippen LogP contribution in [0.15, 0.2) is 36.4 Å². The van der Waals surface area contributed by atoms with Crippen molar-refractivity contribution in [2.24, 2.45) is 17.8 Å². The molecule has 224 valence electrons. The molecule has 2 fully saturated rings. The summed E-state index contributed by atoms with van der Waals surface area (Å²) in [5, 5.41) is 11.7. The van der Waals surface area contributed by atoms with Crippen molar-refractivity contribution in [3.63, 3.8) is 0 Å². The molecule has 11 heteroatoms. The number of anilines is 1. The zero-order chi connectivity index (χ0) is 29.7. The Morgan fingerprint density at radius 3 is 2.19 bits per heavy atom. The third-order valence-electron chi connectivity index (χ3n) is 9.43. The van der Waals surface area contributed by atoms with Gasteiger partial charge in [-0.1, -0.05) is 19.1 Å². The SMILES string of the molecule is C[C@H](C(=O)[O-])[C@H](c1ccc2c(c1)N(C)C(C1CCN(Cc3cc(C(F)(F)F)ccc3C(F)(F)F)CC1)CC2)C1CC1.[Na+]. The molecular formula is C31H35F6N2NaO2. The van der Waals surface area contributed by atoms with Gasteiger partial charge >= 0.3 is 41.9 Å². The molecule has 1 saturated heterocycles. The molecule has 2 heterocycles. The summed E-state index contributed by atoms with van der Waals surface area (Å²) in [6, 6.07) is 8.17. The number of carboxylic acid groups (broad SMARTS) is 1. The summed E-state index contributed by atoms with van der Waals surface area (Å²) < 4.78 is 80.4. The van der Waals surface area contributed by atoms with Crippen molar-refractivity contribution in [1.82, 2.24) is 4.90 Å². The number of piperidine rings is 1. The second-order valence-corrected chi connectivity index (χ2v) is 12.1. The number of rotatable bonds is 7. The van der Waals surface area contributed by atoms with Crippen LogP contribution in [0.2, 0.25) is 0 Å². The minimum absolute atomic E-state index is 0. The Hall–Kier alpha value is -1.75. The molecule has 0 bridgehead atoms. The molecule has 1 aliphatic carbocycles. The van der Waals surface area contributed by atoms with Gasteiger partial charge in [0.05, 0.1) is 11.1 Å². The van der Waals surface area contributed by atoms with E-state index >= 15 is 0 Å². The molecule has 0 amide bonds. The molecule has 0 radical (unpaired) electrons. The topological polar surface area (TPSA) is 46.6 Å². The maximum atomic E-state index is 13.6. The van der Waals surface area contributed by atoms with Crippen LogP contribution in [0.25, 0.3) is 0 Å². The van der Waals surface area contributed by atoms with Crippen LogP contribution < -0.4 is 39.6 Å². The molecule has 0 aromatic heterocycles. The third kappa shape index (κ3) is 7.13. The maximum absolute atomic E-state index is 13.6. The van der Waals surface area contributed by atoms with Gasteiger partial charge in [0, 0.05) is 37.2 Å². The molecule has 42 heavy (non-hydrogen) atoms. The molecule has 4 nitrogen and oxygen atoms in total. The first-order valence-corrected chi connectivity index (χ1v) is 14.3. The standard InChI is InChI=1S/C31H36F6N2O2.Na/c1-18(29(40)41)28(21-4-5-21)22-6-3-19-7-10-26(38(2)27(19)16-22)20-11-13-39(14-12-20)17-23-15-24(30(32,33)34)8-9-25(23)31(35,36)37;/h3,6,8-9,15-16,18,20-21,26,28H,4-5,7,10-14,17H2,1-2H3,(H,40,41);/q;+1/p-1/t18-,26?,28-;/m0./s1. The van der Waals surface area contributed by atoms with Crippen molar-refractivity contribution in [2.75, 3.05) is 25.0 Å². The quantitative estimate of drug-likeness (QED) is 0.360. The number of nitrogens with zero attached hydrogens (tertiary/aromatic N) is 2. The normalized spacial score (nSPS) is 21.8. The first kappa shape index (κ1) is 33.1. The second-order valence-electron chi connectivity index (χ2n) is 12.1. The summed E-state index contributed by atoms with van der Waals surface area (Å²) >= 11 is 0. The fraction of sp³-hybridized carbons (Fsp3) is 0.581. The molecule has 3 aliphatic rings. The van der Waals surface area contributed by atoms with Crippen LogP contribution in [-0.4, -0.2) is 37.0 Å². The minimum Gasteiger partial charge on any atom is -0.550 e. The van der Waals surface area contributed by atoms with Gasteiger partial charge in [0.25, 0.3) is 0 Å². The monoisotopic (exact) mass is 604 g/mol. The van der Waals surface area contributed by atoms with E-state index in [0.717, 1.165) is 49.8 Å². The van der Waals surface area contributed by atoms with Gasteiger partial charge in [-0.25, -0.2) is 0 Å². The Bertz CT molecular complexity index is 1270. The number of aryl methyl sites for hydroxylation is 1. The number of halogens is 6. The predicted octanol–water partition coefficient (Wildman–Crippen LogP) is 3.27. The van der Waals surface area contributed by atoms with E-state index in [0.29, 0.717) is 37.2 Å². The van der Waals surface area contributed by atoms with Crippen LogP contribution in [-0.2, 0) is 30.1 Å². The van der Waals surface area contributed by atoms with Crippen molar-refractivity contribution >= 4 is 11.7 Å². The van der Waals surface area contributed by atoms with E-state index in [-0.39, 0.29) is 59.5 Å². The van der Waals surface area contributed by atoms with Gasteiger partial charge in [-0.3, -0.25) is 4.90 Å². The van der Waals surface area contributed by atoms with Crippen LogP contribution in [0.1, 0.15) is 72.8 Å². The summed E-state index contributed by atoms with van der Waals surface area (Å²) in [5.74, 6) is -1.06. The zero-order valence-corrected chi connectivity index (χ0v) is 26.2. The second kappa shape index (κ2) is 12.7. The molecule has 5 rings (SSSR count). The van der Waals surface area contributed by atoms with Crippen molar-refractivity contribution in [3.05, 3.63) is 64.2 Å². The van der Waals surface area contributed by atoms with E-state index in [1.807, 2.05) is 11.9 Å². The molecule has 0 N–H and O–H groups in total. The van der Waals surface area contributed by atoms with E-state index in [1.165, 1.54) is 5.56 Å². The molecule has 2 aliphatic heterocycles. The Labute approximate surface area is 264 Å². The molecule has 1 unspecified atom stereocenters. The van der Waals surface area contributed by atoms with Crippen LogP contribution in [0, 0.1) is 17.8 Å². The van der Waals surface area contributed by atoms with Gasteiger partial charge in [-0.05, 0) is 110 Å². The largest absolute Gasteiger partial charge is 1.00 e. The van der Waals surface area contributed by atoms with E-state index in [2.05, 4.69) is 23.1 Å². The fourth-order valence-corrected chi connectivity index (χ4v) is 7.04. The summed E-state index contributed by atoms with van der Waals surface area (Å²) in [4.78, 5) is 15.8. The number of carboxylic acids is 1. The fourth-order valence-electron chi connectivity index (χ4n) is 7.04. The summed E-state index contributed by atoms with van der Waals surface area (Å²) in [7, 11) is 2.05. The van der Waals surface area contributed by atoms with Gasteiger partial charge in [0.2, 0.25) is 0 Å². The molecule has 2 aromatic rings. The van der Waals surface area contributed by atoms with Gasteiger partial charge in [0.1, 0.15) is 0 Å². The number of aliphatic carboxylic acids is 1. The van der Waals surface area contributed by atoms with Crippen molar-refractivity contribution in [1.29, 1.82) is 0 Å². The van der Waals surface area contributed by atoms with E-state index in [9.17, 15) is 36.2 Å². The van der Waals surface area contributed by atoms with E-state index in [4.69, 9.17) is 0 Å². The zero-order valence-electron chi connectivity index (χ0n) is 24.2. The number of alkyl halides is 6. The number of benzene rings is 2. The first-order chi connectivity index (χ1) is 19.2. The smallest absolute Gasteiger partial charge is 0.550 e. The van der Waals surface area contributed by atoms with Gasteiger partial charge in [-0.2, -0.15) is 26.3 Å². The molecule has 0 spiro atoms. The predicted molar refractivity (Wildman–Crippen MR) is 141 cm³/mol. The van der Waals surface area contributed by atoms with Crippen molar-refractivity contribution < 1.29 is 65.8 Å². The third-order valence-corrected chi connectivity index (χ3v) is 9.43. The van der Waals surface area contributed by atoms with Crippen molar-refractivity contribution in [2.45, 2.75) is 76.3 Å². The summed E-state index contributed by atoms with van der Waals surface area (Å²) in [5.41, 5.74) is 0.880. The number of fused-ring (bicyclic) bond motifs is 1. The maximum Gasteiger partial charge on any atom is 1.00 e.